The van der Waals surface area contributed by atoms with Crippen LogP contribution in [-0.2, 0) is 9.84 Å². The molecule has 0 aromatic carbocycles. The average Bonchev–Trinajstić information content (AvgIpc) is 2.22. The lowest BCUT2D eigenvalue weighted by Crippen LogP contribution is -2.30. The molecule has 3 nitrogen and oxygen atoms in total. The number of alkyl halides is 1. The Morgan fingerprint density at radius 1 is 1.33 bits per heavy atom. The zero-order valence-electron chi connectivity index (χ0n) is 9.63. The van der Waals surface area contributed by atoms with Gasteiger partial charge < -0.3 is 5.32 Å². The molecule has 0 radical (unpaired) electrons. The van der Waals surface area contributed by atoms with E-state index in [9.17, 15) is 8.42 Å². The van der Waals surface area contributed by atoms with Crippen LogP contribution in [0.4, 0.5) is 0 Å². The van der Waals surface area contributed by atoms with E-state index in [-0.39, 0.29) is 5.75 Å². The Morgan fingerprint density at radius 3 is 2.47 bits per heavy atom. The third-order valence-electron chi connectivity index (χ3n) is 2.46. The third kappa shape index (κ3) is 8.22. The first-order valence-electron chi connectivity index (χ1n) is 5.55. The predicted molar refractivity (Wildman–Crippen MR) is 69.4 cm³/mol. The summed E-state index contributed by atoms with van der Waals surface area (Å²) in [5.74, 6) is 0.562. The first-order chi connectivity index (χ1) is 7.05. The molecule has 0 amide bonds. The average molecular weight is 300 g/mol. The van der Waals surface area contributed by atoms with Gasteiger partial charge in [-0.3, -0.25) is 0 Å². The molecule has 0 bridgehead atoms. The number of rotatable bonds is 9. The van der Waals surface area contributed by atoms with Crippen molar-refractivity contribution in [3.63, 3.8) is 0 Å². The van der Waals surface area contributed by atoms with Crippen LogP contribution in [0.25, 0.3) is 0 Å². The zero-order valence-corrected chi connectivity index (χ0v) is 12.0. The van der Waals surface area contributed by atoms with Crippen molar-refractivity contribution < 1.29 is 8.42 Å². The fourth-order valence-electron chi connectivity index (χ4n) is 1.32. The number of hydrogen-bond acceptors (Lipinski definition) is 3. The van der Waals surface area contributed by atoms with Crippen LogP contribution in [0.15, 0.2) is 0 Å². The standard InChI is InChI=1S/C10H22BrNO2S/c1-3-10(6-7-11)12-8-5-9-15(13,14)4-2/h10,12H,3-9H2,1-2H3. The summed E-state index contributed by atoms with van der Waals surface area (Å²) >= 11 is 3.41. The molecular weight excluding hydrogens is 278 g/mol. The van der Waals surface area contributed by atoms with Gasteiger partial charge in [0.1, 0.15) is 9.84 Å². The molecule has 0 fully saturated rings. The molecule has 0 aliphatic rings. The third-order valence-corrected chi connectivity index (χ3v) is 4.70. The van der Waals surface area contributed by atoms with Crippen LogP contribution < -0.4 is 5.32 Å². The van der Waals surface area contributed by atoms with Gasteiger partial charge in [-0.25, -0.2) is 8.42 Å². The molecule has 0 heterocycles. The van der Waals surface area contributed by atoms with Gasteiger partial charge in [0, 0.05) is 17.1 Å². The van der Waals surface area contributed by atoms with Crippen LogP contribution >= 0.6 is 15.9 Å². The first kappa shape index (κ1) is 15.4. The Kier molecular flexibility index (Phi) is 8.75. The van der Waals surface area contributed by atoms with Crippen LogP contribution in [0.5, 0.6) is 0 Å². The van der Waals surface area contributed by atoms with Gasteiger partial charge in [-0.2, -0.15) is 0 Å². The smallest absolute Gasteiger partial charge is 0.150 e. The van der Waals surface area contributed by atoms with Gasteiger partial charge in [0.05, 0.1) is 5.75 Å². The minimum absolute atomic E-state index is 0.256. The van der Waals surface area contributed by atoms with E-state index in [1.807, 2.05) is 0 Å². The van der Waals surface area contributed by atoms with E-state index < -0.39 is 9.84 Å². The summed E-state index contributed by atoms with van der Waals surface area (Å²) < 4.78 is 22.4. The molecule has 0 saturated heterocycles. The molecule has 1 atom stereocenters. The number of sulfone groups is 1. The SMILES string of the molecule is CCC(CCBr)NCCCS(=O)(=O)CC. The summed E-state index contributed by atoms with van der Waals surface area (Å²) in [4.78, 5) is 0. The van der Waals surface area contributed by atoms with Crippen molar-refractivity contribution in [2.45, 2.75) is 39.2 Å². The van der Waals surface area contributed by atoms with Crippen LogP contribution in [-0.4, -0.2) is 37.8 Å². The maximum atomic E-state index is 11.2. The number of nitrogens with one attached hydrogen (secondary N) is 1. The Morgan fingerprint density at radius 2 is 2.00 bits per heavy atom. The Balaban J connectivity index is 3.61. The molecular formula is C10H22BrNO2S. The molecule has 0 rings (SSSR count). The zero-order chi connectivity index (χ0) is 11.7. The predicted octanol–water partition coefficient (Wildman–Crippen LogP) is 1.96. The summed E-state index contributed by atoms with van der Waals surface area (Å²) in [5.41, 5.74) is 0. The second-order valence-electron chi connectivity index (χ2n) is 3.63. The van der Waals surface area contributed by atoms with E-state index in [0.29, 0.717) is 11.8 Å². The molecule has 92 valence electrons. The van der Waals surface area contributed by atoms with Crippen LogP contribution in [0, 0.1) is 0 Å². The van der Waals surface area contributed by atoms with E-state index in [2.05, 4.69) is 28.2 Å². The van der Waals surface area contributed by atoms with E-state index >= 15 is 0 Å². The minimum atomic E-state index is -2.79. The van der Waals surface area contributed by atoms with Crippen molar-refractivity contribution in [3.05, 3.63) is 0 Å². The summed E-state index contributed by atoms with van der Waals surface area (Å²) in [6.07, 6.45) is 2.90. The lowest BCUT2D eigenvalue weighted by molar-refractivity contribution is 0.487. The topological polar surface area (TPSA) is 46.2 Å². The Labute approximate surface area is 102 Å². The van der Waals surface area contributed by atoms with Crippen molar-refractivity contribution in [1.29, 1.82) is 0 Å². The fraction of sp³-hybridized carbons (Fsp3) is 1.00. The molecule has 0 spiro atoms. The van der Waals surface area contributed by atoms with E-state index in [1.165, 1.54) is 0 Å². The Hall–Kier alpha value is 0.390. The number of halogens is 1. The summed E-state index contributed by atoms with van der Waals surface area (Å²) in [7, 11) is -2.79. The monoisotopic (exact) mass is 299 g/mol. The van der Waals surface area contributed by atoms with Crippen molar-refractivity contribution in [1.82, 2.24) is 5.32 Å². The molecule has 0 saturated carbocycles. The molecule has 0 aliphatic heterocycles. The highest BCUT2D eigenvalue weighted by molar-refractivity contribution is 9.09. The van der Waals surface area contributed by atoms with Gasteiger partial charge in [0.15, 0.2) is 0 Å². The lowest BCUT2D eigenvalue weighted by Gasteiger charge is -2.15. The van der Waals surface area contributed by atoms with Crippen molar-refractivity contribution in [2.24, 2.45) is 0 Å². The maximum absolute atomic E-state index is 11.2. The first-order valence-corrected chi connectivity index (χ1v) is 8.49. The highest BCUT2D eigenvalue weighted by Crippen LogP contribution is 2.01. The van der Waals surface area contributed by atoms with Gasteiger partial charge in [-0.05, 0) is 25.8 Å². The van der Waals surface area contributed by atoms with Gasteiger partial charge >= 0.3 is 0 Å². The Bertz CT molecular complexity index is 242. The molecule has 5 heteroatoms. The van der Waals surface area contributed by atoms with E-state index in [4.69, 9.17) is 0 Å². The highest BCUT2D eigenvalue weighted by atomic mass is 79.9. The van der Waals surface area contributed by atoms with Gasteiger partial charge in [-0.15, -0.1) is 0 Å². The molecule has 0 aromatic rings. The maximum Gasteiger partial charge on any atom is 0.150 e. The summed E-state index contributed by atoms with van der Waals surface area (Å²) in [6.45, 7) is 4.64. The van der Waals surface area contributed by atoms with Crippen LogP contribution in [0.1, 0.15) is 33.1 Å². The molecule has 0 aliphatic carbocycles. The summed E-state index contributed by atoms with van der Waals surface area (Å²) in [5, 5.41) is 4.36. The molecule has 1 unspecified atom stereocenters. The van der Waals surface area contributed by atoms with Gasteiger partial charge in [0.25, 0.3) is 0 Å². The fourth-order valence-corrected chi connectivity index (χ4v) is 2.75. The normalized spacial score (nSPS) is 14.1. The molecule has 15 heavy (non-hydrogen) atoms. The van der Waals surface area contributed by atoms with Gasteiger partial charge in [-0.1, -0.05) is 29.8 Å². The van der Waals surface area contributed by atoms with Gasteiger partial charge in [0.2, 0.25) is 0 Å². The lowest BCUT2D eigenvalue weighted by atomic mass is 10.2. The summed E-state index contributed by atoms with van der Waals surface area (Å²) in [6, 6.07) is 0.508. The van der Waals surface area contributed by atoms with Crippen molar-refractivity contribution in [2.75, 3.05) is 23.4 Å². The quantitative estimate of drug-likeness (QED) is 0.523. The van der Waals surface area contributed by atoms with Crippen molar-refractivity contribution >= 4 is 25.8 Å². The molecule has 0 aromatic heterocycles. The minimum Gasteiger partial charge on any atom is -0.314 e. The highest BCUT2D eigenvalue weighted by Gasteiger charge is 2.08. The van der Waals surface area contributed by atoms with E-state index in [0.717, 1.165) is 31.1 Å². The molecule has 1 N–H and O–H groups in total. The van der Waals surface area contributed by atoms with Crippen LogP contribution in [0.2, 0.25) is 0 Å². The number of hydrogen-bond donors (Lipinski definition) is 1. The second-order valence-corrected chi connectivity index (χ2v) is 6.89. The van der Waals surface area contributed by atoms with Crippen LogP contribution in [0.3, 0.4) is 0 Å². The van der Waals surface area contributed by atoms with Crippen molar-refractivity contribution in [3.8, 4) is 0 Å². The largest absolute Gasteiger partial charge is 0.314 e. The van der Waals surface area contributed by atoms with E-state index in [1.54, 1.807) is 6.92 Å². The second kappa shape index (κ2) is 8.53.